The number of esters is 2. The van der Waals surface area contributed by atoms with Crippen LogP contribution in [0.4, 0.5) is 5.69 Å². The molecule has 1 N–H and O–H groups in total. The van der Waals surface area contributed by atoms with E-state index in [9.17, 15) is 19.7 Å². The van der Waals surface area contributed by atoms with Crippen molar-refractivity contribution < 1.29 is 29.1 Å². The van der Waals surface area contributed by atoms with Gasteiger partial charge in [0.05, 0.1) is 24.6 Å². The Bertz CT molecular complexity index is 556. The molecule has 1 rings (SSSR count). The number of carbonyl (C=O) groups is 2. The number of hydrogen-bond acceptors (Lipinski definition) is 7. The summed E-state index contributed by atoms with van der Waals surface area (Å²) in [4.78, 5) is 32.9. The SMILES string of the molecule is CCOC(=O)CCc1ccc(OC(=O)CCO)c([N+](=O)[O-])c1. The van der Waals surface area contributed by atoms with Gasteiger partial charge in [0.15, 0.2) is 0 Å². The summed E-state index contributed by atoms with van der Waals surface area (Å²) in [5.74, 6) is -1.34. The molecule has 0 aliphatic rings. The number of nitrogens with zero attached hydrogens (tertiary/aromatic N) is 1. The first kappa shape index (κ1) is 17.6. The first-order valence-corrected chi connectivity index (χ1v) is 6.72. The van der Waals surface area contributed by atoms with Crippen LogP contribution >= 0.6 is 0 Å². The van der Waals surface area contributed by atoms with E-state index in [0.717, 1.165) is 0 Å². The van der Waals surface area contributed by atoms with Gasteiger partial charge in [0, 0.05) is 12.5 Å². The predicted octanol–water partition coefficient (Wildman–Crippen LogP) is 1.38. The van der Waals surface area contributed by atoms with Crippen LogP contribution in [0, 0.1) is 10.1 Å². The highest BCUT2D eigenvalue weighted by molar-refractivity contribution is 5.74. The summed E-state index contributed by atoms with van der Waals surface area (Å²) in [7, 11) is 0. The number of rotatable bonds is 8. The van der Waals surface area contributed by atoms with Gasteiger partial charge in [0.1, 0.15) is 0 Å². The average Bonchev–Trinajstić information content (AvgIpc) is 2.46. The van der Waals surface area contributed by atoms with E-state index in [-0.39, 0.29) is 43.3 Å². The van der Waals surface area contributed by atoms with Crippen LogP contribution in [0.25, 0.3) is 0 Å². The molecule has 0 radical (unpaired) electrons. The van der Waals surface area contributed by atoms with Crippen LogP contribution < -0.4 is 4.74 Å². The Morgan fingerprint density at radius 2 is 2.00 bits per heavy atom. The molecule has 120 valence electrons. The molecule has 8 nitrogen and oxygen atoms in total. The monoisotopic (exact) mass is 311 g/mol. The van der Waals surface area contributed by atoms with Gasteiger partial charge in [-0.15, -0.1) is 0 Å². The van der Waals surface area contributed by atoms with E-state index in [2.05, 4.69) is 0 Å². The van der Waals surface area contributed by atoms with E-state index < -0.39 is 17.5 Å². The van der Waals surface area contributed by atoms with Crippen molar-refractivity contribution in [3.63, 3.8) is 0 Å². The molecule has 0 aromatic heterocycles. The Morgan fingerprint density at radius 3 is 2.59 bits per heavy atom. The van der Waals surface area contributed by atoms with Gasteiger partial charge in [-0.1, -0.05) is 6.07 Å². The van der Waals surface area contributed by atoms with Gasteiger partial charge in [0.2, 0.25) is 5.75 Å². The summed E-state index contributed by atoms with van der Waals surface area (Å²) in [6.07, 6.45) is 0.140. The van der Waals surface area contributed by atoms with Crippen molar-refractivity contribution >= 4 is 17.6 Å². The summed E-state index contributed by atoms with van der Waals surface area (Å²) in [5, 5.41) is 19.7. The first-order chi connectivity index (χ1) is 10.5. The Hall–Kier alpha value is -2.48. The highest BCUT2D eigenvalue weighted by Crippen LogP contribution is 2.28. The third-order valence-corrected chi connectivity index (χ3v) is 2.68. The maximum atomic E-state index is 11.3. The molecule has 0 heterocycles. The van der Waals surface area contributed by atoms with Crippen molar-refractivity contribution in [1.29, 1.82) is 0 Å². The number of nitro groups is 1. The number of aliphatic hydroxyl groups is 1. The number of nitro benzene ring substituents is 1. The summed E-state index contributed by atoms with van der Waals surface area (Å²) in [6, 6.07) is 4.09. The molecule has 8 heteroatoms. The predicted molar refractivity (Wildman–Crippen MR) is 75.4 cm³/mol. The maximum Gasteiger partial charge on any atom is 0.313 e. The Labute approximate surface area is 126 Å². The molecule has 0 saturated carbocycles. The average molecular weight is 311 g/mol. The quantitative estimate of drug-likeness (QED) is 0.333. The third-order valence-electron chi connectivity index (χ3n) is 2.68. The summed E-state index contributed by atoms with van der Waals surface area (Å²) >= 11 is 0. The second kappa shape index (κ2) is 8.73. The van der Waals surface area contributed by atoms with Gasteiger partial charge in [-0.3, -0.25) is 19.7 Å². The molecule has 0 unspecified atom stereocenters. The van der Waals surface area contributed by atoms with Crippen molar-refractivity contribution in [2.45, 2.75) is 26.2 Å². The van der Waals surface area contributed by atoms with Crippen molar-refractivity contribution in [2.24, 2.45) is 0 Å². The molecule has 0 fully saturated rings. The maximum absolute atomic E-state index is 11.3. The van der Waals surface area contributed by atoms with Gasteiger partial charge < -0.3 is 14.6 Å². The lowest BCUT2D eigenvalue weighted by molar-refractivity contribution is -0.385. The molecule has 0 amide bonds. The number of ether oxygens (including phenoxy) is 2. The second-order valence-electron chi connectivity index (χ2n) is 4.31. The van der Waals surface area contributed by atoms with Crippen LogP contribution in [0.15, 0.2) is 18.2 Å². The minimum atomic E-state index is -0.759. The Balaban J connectivity index is 2.83. The lowest BCUT2D eigenvalue weighted by atomic mass is 10.1. The van der Waals surface area contributed by atoms with Gasteiger partial charge >= 0.3 is 17.6 Å². The van der Waals surface area contributed by atoms with Crippen LogP contribution in [0.3, 0.4) is 0 Å². The van der Waals surface area contributed by atoms with E-state index in [1.54, 1.807) is 6.92 Å². The molecule has 0 spiro atoms. The number of aryl methyl sites for hydroxylation is 1. The molecule has 1 aromatic carbocycles. The van der Waals surface area contributed by atoms with Crippen molar-refractivity contribution in [1.82, 2.24) is 0 Å². The summed E-state index contributed by atoms with van der Waals surface area (Å²) in [5.41, 5.74) is 0.189. The zero-order valence-electron chi connectivity index (χ0n) is 12.1. The minimum Gasteiger partial charge on any atom is -0.466 e. The van der Waals surface area contributed by atoms with Crippen LogP contribution in [0.5, 0.6) is 5.75 Å². The topological polar surface area (TPSA) is 116 Å². The van der Waals surface area contributed by atoms with Crippen molar-refractivity contribution in [3.8, 4) is 5.75 Å². The van der Waals surface area contributed by atoms with Gasteiger partial charge in [-0.25, -0.2) is 0 Å². The number of hydrogen-bond donors (Lipinski definition) is 1. The van der Waals surface area contributed by atoms with E-state index in [4.69, 9.17) is 14.6 Å². The van der Waals surface area contributed by atoms with E-state index in [1.807, 2.05) is 0 Å². The van der Waals surface area contributed by atoms with E-state index >= 15 is 0 Å². The van der Waals surface area contributed by atoms with E-state index in [0.29, 0.717) is 5.56 Å². The Kier molecular flexibility index (Phi) is 6.97. The lowest BCUT2D eigenvalue weighted by Gasteiger charge is -2.06. The lowest BCUT2D eigenvalue weighted by Crippen LogP contribution is -2.11. The molecule has 0 saturated heterocycles. The first-order valence-electron chi connectivity index (χ1n) is 6.72. The molecule has 22 heavy (non-hydrogen) atoms. The van der Waals surface area contributed by atoms with Crippen LogP contribution in [0.2, 0.25) is 0 Å². The van der Waals surface area contributed by atoms with Crippen LogP contribution in [-0.2, 0) is 20.7 Å². The zero-order chi connectivity index (χ0) is 16.5. The highest BCUT2D eigenvalue weighted by atomic mass is 16.6. The molecule has 0 aliphatic carbocycles. The van der Waals surface area contributed by atoms with Gasteiger partial charge in [-0.2, -0.15) is 0 Å². The zero-order valence-corrected chi connectivity index (χ0v) is 12.1. The van der Waals surface area contributed by atoms with Crippen molar-refractivity contribution in [2.75, 3.05) is 13.2 Å². The Morgan fingerprint density at radius 1 is 1.27 bits per heavy atom. The molecular formula is C14H17NO7. The summed E-state index contributed by atoms with van der Waals surface area (Å²) in [6.45, 7) is 1.57. The smallest absolute Gasteiger partial charge is 0.313 e. The molecule has 0 aliphatic heterocycles. The molecule has 0 atom stereocenters. The largest absolute Gasteiger partial charge is 0.466 e. The van der Waals surface area contributed by atoms with Crippen LogP contribution in [0.1, 0.15) is 25.3 Å². The minimum absolute atomic E-state index is 0.106. The highest BCUT2D eigenvalue weighted by Gasteiger charge is 2.19. The fourth-order valence-corrected chi connectivity index (χ4v) is 1.69. The fourth-order valence-electron chi connectivity index (χ4n) is 1.69. The van der Waals surface area contributed by atoms with Gasteiger partial charge in [0.25, 0.3) is 0 Å². The molecule has 0 bridgehead atoms. The third kappa shape index (κ3) is 5.49. The standard InChI is InChI=1S/C14H17NO7/c1-2-21-13(17)6-4-10-3-5-12(11(9-10)15(19)20)22-14(18)7-8-16/h3,5,9,16H,2,4,6-8H2,1H3. The summed E-state index contributed by atoms with van der Waals surface area (Å²) < 4.78 is 9.61. The molecule has 1 aromatic rings. The van der Waals surface area contributed by atoms with Crippen LogP contribution in [-0.4, -0.2) is 35.2 Å². The number of aliphatic hydroxyl groups excluding tert-OH is 1. The van der Waals surface area contributed by atoms with E-state index in [1.165, 1.54) is 18.2 Å². The number of benzene rings is 1. The van der Waals surface area contributed by atoms with Crippen molar-refractivity contribution in [3.05, 3.63) is 33.9 Å². The number of carbonyl (C=O) groups excluding carboxylic acids is 2. The molecular weight excluding hydrogens is 294 g/mol. The van der Waals surface area contributed by atoms with Gasteiger partial charge in [-0.05, 0) is 25.0 Å². The second-order valence-corrected chi connectivity index (χ2v) is 4.31. The fraction of sp³-hybridized carbons (Fsp3) is 0.429. The normalized spacial score (nSPS) is 10.1.